The Morgan fingerprint density at radius 1 is 1.33 bits per heavy atom. The number of hydrogen-bond acceptors (Lipinski definition) is 6. The summed E-state index contributed by atoms with van der Waals surface area (Å²) in [6.45, 7) is 3.74. The van der Waals surface area contributed by atoms with Crippen LogP contribution in [0.15, 0.2) is 47.1 Å². The lowest BCUT2D eigenvalue weighted by atomic mass is 9.99. The molecular formula is C23H24N2O5. The van der Waals surface area contributed by atoms with Gasteiger partial charge in [0.15, 0.2) is 12.0 Å². The van der Waals surface area contributed by atoms with Crippen molar-refractivity contribution in [3.63, 3.8) is 0 Å². The number of aldehydes is 1. The van der Waals surface area contributed by atoms with Crippen LogP contribution < -0.4 is 9.64 Å². The summed E-state index contributed by atoms with van der Waals surface area (Å²) in [5.41, 5.74) is 4.30. The van der Waals surface area contributed by atoms with E-state index in [0.29, 0.717) is 18.6 Å². The number of rotatable bonds is 9. The first-order valence-electron chi connectivity index (χ1n) is 10.1. The van der Waals surface area contributed by atoms with Gasteiger partial charge in [-0.1, -0.05) is 18.2 Å². The predicted molar refractivity (Wildman–Crippen MR) is 114 cm³/mol. The zero-order valence-electron chi connectivity index (χ0n) is 16.9. The molecule has 0 radical (unpaired) electrons. The van der Waals surface area contributed by atoms with Gasteiger partial charge in [-0.3, -0.25) is 14.9 Å². The number of nitro groups is 1. The van der Waals surface area contributed by atoms with Gasteiger partial charge in [0, 0.05) is 36.9 Å². The quantitative estimate of drug-likeness (QED) is 0.227. The van der Waals surface area contributed by atoms with Gasteiger partial charge in [0.25, 0.3) is 0 Å². The Bertz CT molecular complexity index is 1070. The van der Waals surface area contributed by atoms with E-state index in [-0.39, 0.29) is 4.92 Å². The second-order valence-electron chi connectivity index (χ2n) is 7.68. The molecule has 0 saturated carbocycles. The minimum atomic E-state index is -0.670. The molecule has 156 valence electrons. The second-order valence-corrected chi connectivity index (χ2v) is 7.68. The van der Waals surface area contributed by atoms with Gasteiger partial charge in [0.2, 0.25) is 6.04 Å². The van der Waals surface area contributed by atoms with Gasteiger partial charge in [0.05, 0.1) is 17.7 Å². The normalized spacial score (nSPS) is 14.0. The van der Waals surface area contributed by atoms with Gasteiger partial charge in [-0.15, -0.1) is 0 Å². The first kappa shape index (κ1) is 19.9. The van der Waals surface area contributed by atoms with Crippen molar-refractivity contribution in [2.75, 3.05) is 24.6 Å². The molecule has 2 heterocycles. The third kappa shape index (κ3) is 4.01. The molecule has 0 saturated heterocycles. The van der Waals surface area contributed by atoms with Crippen LogP contribution in [0.3, 0.4) is 0 Å². The predicted octanol–water partition coefficient (Wildman–Crippen LogP) is 4.28. The monoisotopic (exact) mass is 408 g/mol. The van der Waals surface area contributed by atoms with E-state index in [0.717, 1.165) is 65.8 Å². The summed E-state index contributed by atoms with van der Waals surface area (Å²) < 4.78 is 11.4. The number of hydrogen-bond donors (Lipinski definition) is 0. The molecule has 1 unspecified atom stereocenters. The summed E-state index contributed by atoms with van der Waals surface area (Å²) in [7, 11) is 0. The minimum Gasteiger partial charge on any atom is -0.489 e. The molecule has 0 amide bonds. The summed E-state index contributed by atoms with van der Waals surface area (Å²) in [5.74, 6) is 0.741. The molecule has 0 aliphatic carbocycles. The fraction of sp³-hybridized carbons (Fsp3) is 0.348. The molecule has 3 aromatic rings. The van der Waals surface area contributed by atoms with Crippen LogP contribution in [0.5, 0.6) is 5.75 Å². The summed E-state index contributed by atoms with van der Waals surface area (Å²) in [6, 6.07) is 10.9. The fourth-order valence-electron chi connectivity index (χ4n) is 4.08. The van der Waals surface area contributed by atoms with Crippen LogP contribution in [0, 0.1) is 10.1 Å². The smallest absolute Gasteiger partial charge is 0.214 e. The SMILES string of the molecule is CC(Cc1cc(C=O)c2c(c1)CCN2CCCOc1coc2ccccc12)[N+](=O)[O-]. The van der Waals surface area contributed by atoms with Crippen molar-refractivity contribution < 1.29 is 18.9 Å². The third-order valence-electron chi connectivity index (χ3n) is 5.54. The average molecular weight is 408 g/mol. The van der Waals surface area contributed by atoms with Gasteiger partial charge in [-0.25, -0.2) is 0 Å². The van der Waals surface area contributed by atoms with E-state index in [1.165, 1.54) is 0 Å². The van der Waals surface area contributed by atoms with Crippen molar-refractivity contribution in [3.05, 3.63) is 69.5 Å². The molecule has 7 nitrogen and oxygen atoms in total. The molecule has 0 fully saturated rings. The van der Waals surface area contributed by atoms with Gasteiger partial charge >= 0.3 is 0 Å². The van der Waals surface area contributed by atoms with Crippen LogP contribution >= 0.6 is 0 Å². The molecule has 1 aliphatic heterocycles. The zero-order chi connectivity index (χ0) is 21.1. The molecule has 7 heteroatoms. The molecule has 1 aromatic heterocycles. The van der Waals surface area contributed by atoms with Crippen LogP contribution in [-0.2, 0) is 12.8 Å². The number of furan rings is 1. The fourth-order valence-corrected chi connectivity index (χ4v) is 4.08. The highest BCUT2D eigenvalue weighted by atomic mass is 16.6. The highest BCUT2D eigenvalue weighted by Gasteiger charge is 2.24. The van der Waals surface area contributed by atoms with Crippen molar-refractivity contribution in [2.24, 2.45) is 0 Å². The Balaban J connectivity index is 1.39. The van der Waals surface area contributed by atoms with E-state index in [2.05, 4.69) is 4.90 Å². The molecule has 2 aromatic carbocycles. The Morgan fingerprint density at radius 2 is 2.17 bits per heavy atom. The number of carbonyl (C=O) groups is 1. The van der Waals surface area contributed by atoms with Gasteiger partial charge in [-0.2, -0.15) is 0 Å². The van der Waals surface area contributed by atoms with Crippen LogP contribution in [0.25, 0.3) is 11.0 Å². The third-order valence-corrected chi connectivity index (χ3v) is 5.54. The van der Waals surface area contributed by atoms with Crippen molar-refractivity contribution in [1.82, 2.24) is 0 Å². The van der Waals surface area contributed by atoms with Gasteiger partial charge in [0.1, 0.15) is 11.8 Å². The molecule has 1 atom stereocenters. The summed E-state index contributed by atoms with van der Waals surface area (Å²) >= 11 is 0. The molecule has 0 N–H and O–H groups in total. The largest absolute Gasteiger partial charge is 0.489 e. The minimum absolute atomic E-state index is 0.288. The van der Waals surface area contributed by atoms with Crippen molar-refractivity contribution in [2.45, 2.75) is 32.2 Å². The Labute approximate surface area is 174 Å². The Kier molecular flexibility index (Phi) is 5.70. The first-order chi connectivity index (χ1) is 14.6. The second kappa shape index (κ2) is 8.57. The number of benzene rings is 2. The van der Waals surface area contributed by atoms with Crippen LogP contribution in [0.2, 0.25) is 0 Å². The Hall–Kier alpha value is -3.35. The van der Waals surface area contributed by atoms with Crippen molar-refractivity contribution in [1.29, 1.82) is 0 Å². The van der Waals surface area contributed by atoms with Crippen LogP contribution in [-0.4, -0.2) is 36.9 Å². The molecule has 0 bridgehead atoms. The highest BCUT2D eigenvalue weighted by Crippen LogP contribution is 2.33. The number of nitrogens with zero attached hydrogens (tertiary/aromatic N) is 2. The van der Waals surface area contributed by atoms with E-state index in [4.69, 9.17) is 9.15 Å². The number of carbonyl (C=O) groups excluding carboxylic acids is 1. The highest BCUT2D eigenvalue weighted by molar-refractivity contribution is 5.87. The standard InChI is InChI=1S/C23H24N2O5/c1-16(25(27)28)11-17-12-18-7-9-24(23(18)19(13-17)14-26)8-4-10-29-22-15-30-21-6-3-2-5-20(21)22/h2-3,5-6,12-16H,4,7-11H2,1H3. The van der Waals surface area contributed by atoms with Crippen LogP contribution in [0.1, 0.15) is 34.8 Å². The first-order valence-corrected chi connectivity index (χ1v) is 10.1. The van der Waals surface area contributed by atoms with Crippen molar-refractivity contribution in [3.8, 4) is 5.75 Å². The number of para-hydroxylation sites is 1. The van der Waals surface area contributed by atoms with E-state index in [1.54, 1.807) is 19.3 Å². The molecule has 4 rings (SSSR count). The van der Waals surface area contributed by atoms with Gasteiger partial charge in [-0.05, 0) is 42.2 Å². The lowest BCUT2D eigenvalue weighted by Gasteiger charge is -2.21. The topological polar surface area (TPSA) is 85.8 Å². The maximum absolute atomic E-state index is 11.7. The van der Waals surface area contributed by atoms with E-state index < -0.39 is 6.04 Å². The van der Waals surface area contributed by atoms with Crippen molar-refractivity contribution >= 4 is 22.9 Å². The maximum Gasteiger partial charge on any atom is 0.214 e. The van der Waals surface area contributed by atoms with Crippen LogP contribution in [0.4, 0.5) is 5.69 Å². The molecular weight excluding hydrogens is 384 g/mol. The maximum atomic E-state index is 11.7. The zero-order valence-corrected chi connectivity index (χ0v) is 16.9. The number of ether oxygens (including phenoxy) is 1. The Morgan fingerprint density at radius 3 is 2.97 bits per heavy atom. The molecule has 30 heavy (non-hydrogen) atoms. The number of fused-ring (bicyclic) bond motifs is 2. The molecule has 0 spiro atoms. The van der Waals surface area contributed by atoms with Gasteiger partial charge < -0.3 is 14.1 Å². The lowest BCUT2D eigenvalue weighted by Crippen LogP contribution is -2.24. The summed E-state index contributed by atoms with van der Waals surface area (Å²) in [5, 5.41) is 11.9. The lowest BCUT2D eigenvalue weighted by molar-refractivity contribution is -0.517. The summed E-state index contributed by atoms with van der Waals surface area (Å²) in [6.07, 6.45) is 4.45. The average Bonchev–Trinajstić information content (AvgIpc) is 3.34. The van der Waals surface area contributed by atoms with E-state index >= 15 is 0 Å². The molecule has 1 aliphatic rings. The van der Waals surface area contributed by atoms with E-state index in [9.17, 15) is 14.9 Å². The number of anilines is 1. The van der Waals surface area contributed by atoms with E-state index in [1.807, 2.05) is 30.3 Å². The summed E-state index contributed by atoms with van der Waals surface area (Å²) in [4.78, 5) is 24.6.